The van der Waals surface area contributed by atoms with E-state index in [-0.39, 0.29) is 4.75 Å². The molecule has 0 aliphatic carbocycles. The Kier molecular flexibility index (Phi) is 10.3. The summed E-state index contributed by atoms with van der Waals surface area (Å²) in [5.74, 6) is 0. The fraction of sp³-hybridized carbons (Fsp3) is 0.353. The van der Waals surface area contributed by atoms with Crippen LogP contribution in [0.25, 0.3) is 17.1 Å². The number of allylic oxidation sites excluding steroid dienone is 1. The van der Waals surface area contributed by atoms with Crippen LogP contribution in [0.5, 0.6) is 0 Å². The molecule has 0 fully saturated rings. The summed E-state index contributed by atoms with van der Waals surface area (Å²) in [6, 6.07) is 22.7. The third kappa shape index (κ3) is 7.85. The van der Waals surface area contributed by atoms with Crippen LogP contribution < -0.4 is 0 Å². The van der Waals surface area contributed by atoms with Gasteiger partial charge in [-0.3, -0.25) is 0 Å². The van der Waals surface area contributed by atoms with Gasteiger partial charge in [0, 0.05) is 9.78 Å². The predicted molar refractivity (Wildman–Crippen MR) is 165 cm³/mol. The molecule has 188 valence electrons. The summed E-state index contributed by atoms with van der Waals surface area (Å²) >= 11 is 3.82. The van der Waals surface area contributed by atoms with E-state index in [1.807, 2.05) is 23.1 Å². The van der Waals surface area contributed by atoms with E-state index in [4.69, 9.17) is 0 Å². The SMILES string of the molecule is CCCCCc1ccc(C=CC2(C=Cc3ccc(CCCCC)cc3)CC=C(c3cccs3)S2)cc1. The molecule has 1 aliphatic heterocycles. The van der Waals surface area contributed by atoms with E-state index in [0.29, 0.717) is 0 Å². The lowest BCUT2D eigenvalue weighted by molar-refractivity contribution is 0.717. The number of hydrogen-bond acceptors (Lipinski definition) is 2. The Morgan fingerprint density at radius 1 is 0.722 bits per heavy atom. The summed E-state index contributed by atoms with van der Waals surface area (Å²) in [5, 5.41) is 2.17. The Hall–Kier alpha value is -2.29. The highest BCUT2D eigenvalue weighted by Gasteiger charge is 2.31. The number of rotatable bonds is 13. The lowest BCUT2D eigenvalue weighted by Crippen LogP contribution is -2.13. The van der Waals surface area contributed by atoms with E-state index in [1.165, 1.54) is 83.4 Å². The predicted octanol–water partition coefficient (Wildman–Crippen LogP) is 10.9. The third-order valence-electron chi connectivity index (χ3n) is 6.88. The van der Waals surface area contributed by atoms with Crippen LogP contribution in [0.4, 0.5) is 0 Å². The van der Waals surface area contributed by atoms with Gasteiger partial charge in [0.2, 0.25) is 0 Å². The highest BCUT2D eigenvalue weighted by atomic mass is 32.2. The molecule has 36 heavy (non-hydrogen) atoms. The Morgan fingerprint density at radius 2 is 1.28 bits per heavy atom. The van der Waals surface area contributed by atoms with Gasteiger partial charge in [-0.05, 0) is 65.8 Å². The Bertz CT molecular complexity index is 1070. The molecule has 0 radical (unpaired) electrons. The lowest BCUT2D eigenvalue weighted by atomic mass is 9.99. The second-order valence-electron chi connectivity index (χ2n) is 9.87. The van der Waals surface area contributed by atoms with Crippen molar-refractivity contribution in [3.63, 3.8) is 0 Å². The highest BCUT2D eigenvalue weighted by molar-refractivity contribution is 8.10. The van der Waals surface area contributed by atoms with Gasteiger partial charge in [0.15, 0.2) is 0 Å². The first-order valence-corrected chi connectivity index (χ1v) is 15.4. The number of benzene rings is 2. The van der Waals surface area contributed by atoms with Crippen LogP contribution in [0.1, 0.15) is 85.9 Å². The first kappa shape index (κ1) is 26.8. The quantitative estimate of drug-likeness (QED) is 0.205. The average Bonchev–Trinajstić information content (AvgIpc) is 3.59. The van der Waals surface area contributed by atoms with Crippen LogP contribution in [0, 0.1) is 0 Å². The monoisotopic (exact) mass is 512 g/mol. The van der Waals surface area contributed by atoms with Crippen LogP contribution in [0.15, 0.2) is 84.3 Å². The Balaban J connectivity index is 1.48. The lowest BCUT2D eigenvalue weighted by Gasteiger charge is -2.21. The fourth-order valence-corrected chi connectivity index (χ4v) is 6.71. The van der Waals surface area contributed by atoms with Gasteiger partial charge in [-0.1, -0.05) is 125 Å². The number of thioether (sulfide) groups is 1. The normalized spacial score (nSPS) is 17.9. The van der Waals surface area contributed by atoms with Gasteiger partial charge < -0.3 is 0 Å². The number of aryl methyl sites for hydroxylation is 2. The minimum Gasteiger partial charge on any atom is -0.143 e. The fourth-order valence-electron chi connectivity index (χ4n) is 4.59. The zero-order valence-electron chi connectivity index (χ0n) is 21.9. The minimum absolute atomic E-state index is 0.0566. The number of thiophene rings is 1. The van der Waals surface area contributed by atoms with Crippen molar-refractivity contribution >= 4 is 40.2 Å². The number of unbranched alkanes of at least 4 members (excludes halogenated alkanes) is 4. The first-order chi connectivity index (χ1) is 17.7. The van der Waals surface area contributed by atoms with Gasteiger partial charge in [-0.2, -0.15) is 0 Å². The molecule has 0 nitrogen and oxygen atoms in total. The largest absolute Gasteiger partial charge is 0.143 e. The average molecular weight is 513 g/mol. The molecule has 0 amide bonds. The summed E-state index contributed by atoms with van der Waals surface area (Å²) in [4.78, 5) is 2.77. The van der Waals surface area contributed by atoms with Crippen molar-refractivity contribution in [3.8, 4) is 0 Å². The van der Waals surface area contributed by atoms with Crippen molar-refractivity contribution in [1.82, 2.24) is 0 Å². The molecule has 4 rings (SSSR count). The molecule has 2 heteroatoms. The molecule has 0 saturated heterocycles. The molecule has 0 N–H and O–H groups in total. The maximum Gasteiger partial charge on any atom is 0.0607 e. The molecule has 0 spiro atoms. The van der Waals surface area contributed by atoms with Crippen molar-refractivity contribution in [2.45, 2.75) is 76.4 Å². The van der Waals surface area contributed by atoms with Crippen molar-refractivity contribution in [2.75, 3.05) is 0 Å². The van der Waals surface area contributed by atoms with E-state index < -0.39 is 0 Å². The molecule has 0 atom stereocenters. The van der Waals surface area contributed by atoms with Crippen LogP contribution in [0.3, 0.4) is 0 Å². The highest BCUT2D eigenvalue weighted by Crippen LogP contribution is 2.50. The van der Waals surface area contributed by atoms with E-state index >= 15 is 0 Å². The van der Waals surface area contributed by atoms with E-state index in [1.54, 1.807) is 0 Å². The summed E-state index contributed by atoms with van der Waals surface area (Å²) < 4.78 is -0.0566. The second kappa shape index (κ2) is 13.9. The van der Waals surface area contributed by atoms with Crippen molar-refractivity contribution in [3.05, 3.63) is 111 Å². The maximum atomic E-state index is 2.42. The molecule has 0 saturated carbocycles. The van der Waals surface area contributed by atoms with Crippen LogP contribution >= 0.6 is 23.1 Å². The summed E-state index contributed by atoms with van der Waals surface area (Å²) in [5.41, 5.74) is 5.46. The molecule has 3 aromatic rings. The maximum absolute atomic E-state index is 2.42. The zero-order valence-corrected chi connectivity index (χ0v) is 23.6. The van der Waals surface area contributed by atoms with Crippen molar-refractivity contribution in [2.24, 2.45) is 0 Å². The zero-order chi connectivity index (χ0) is 25.1. The summed E-state index contributed by atoms with van der Waals surface area (Å²) in [7, 11) is 0. The first-order valence-electron chi connectivity index (χ1n) is 13.7. The Morgan fingerprint density at radius 3 is 1.75 bits per heavy atom. The Labute approximate surface area is 227 Å². The molecular formula is C34H40S2. The summed E-state index contributed by atoms with van der Waals surface area (Å²) in [6.45, 7) is 4.53. The van der Waals surface area contributed by atoms with Gasteiger partial charge in [0.25, 0.3) is 0 Å². The van der Waals surface area contributed by atoms with Gasteiger partial charge >= 0.3 is 0 Å². The van der Waals surface area contributed by atoms with Crippen molar-refractivity contribution in [1.29, 1.82) is 0 Å². The van der Waals surface area contributed by atoms with Gasteiger partial charge in [-0.25, -0.2) is 0 Å². The molecule has 1 aliphatic rings. The molecule has 1 aromatic heterocycles. The minimum atomic E-state index is -0.0566. The van der Waals surface area contributed by atoms with Gasteiger partial charge in [0.1, 0.15) is 0 Å². The second-order valence-corrected chi connectivity index (χ2v) is 12.2. The van der Waals surface area contributed by atoms with Crippen LogP contribution in [0.2, 0.25) is 0 Å². The van der Waals surface area contributed by atoms with Crippen LogP contribution in [-0.4, -0.2) is 4.75 Å². The molecule has 0 unspecified atom stereocenters. The standard InChI is InChI=1S/C34H40S2/c1-3-5-7-10-28-13-17-30(18-14-28)21-24-34(26-23-33(36-34)32-12-9-27-35-32)25-22-31-19-15-29(16-20-31)11-8-6-4-2/h9,12-25,27H,3-8,10-11,26H2,1-2H3. The van der Waals surface area contributed by atoms with Crippen molar-refractivity contribution < 1.29 is 0 Å². The third-order valence-corrected chi connectivity index (χ3v) is 9.34. The van der Waals surface area contributed by atoms with Crippen LogP contribution in [-0.2, 0) is 12.8 Å². The molecule has 0 bridgehead atoms. The van der Waals surface area contributed by atoms with E-state index in [2.05, 4.69) is 110 Å². The van der Waals surface area contributed by atoms with Gasteiger partial charge in [0.05, 0.1) is 4.75 Å². The number of hydrogen-bond donors (Lipinski definition) is 0. The summed E-state index contributed by atoms with van der Waals surface area (Å²) in [6.07, 6.45) is 23.0. The molecule has 2 heterocycles. The topological polar surface area (TPSA) is 0 Å². The smallest absolute Gasteiger partial charge is 0.0607 e. The molecular weight excluding hydrogens is 473 g/mol. The van der Waals surface area contributed by atoms with Gasteiger partial charge in [-0.15, -0.1) is 23.1 Å². The van der Waals surface area contributed by atoms with E-state index in [9.17, 15) is 0 Å². The molecule has 2 aromatic carbocycles. The van der Waals surface area contributed by atoms with E-state index in [0.717, 1.165) is 6.42 Å².